The van der Waals surface area contributed by atoms with E-state index in [1.165, 1.54) is 0 Å². The highest BCUT2D eigenvalue weighted by molar-refractivity contribution is 9.11. The largest absolute Gasteiger partial charge is 0.320 e. The molecule has 0 aliphatic rings. The number of rotatable bonds is 2. The Labute approximate surface area is 134 Å². The van der Waals surface area contributed by atoms with Gasteiger partial charge in [-0.05, 0) is 41.5 Å². The van der Waals surface area contributed by atoms with Crippen molar-refractivity contribution < 1.29 is 0 Å². The quantitative estimate of drug-likeness (QED) is 0.680. The third-order valence-corrected chi connectivity index (χ3v) is 4.48. The second-order valence-corrected chi connectivity index (χ2v) is 6.37. The van der Waals surface area contributed by atoms with E-state index >= 15 is 0 Å². The Morgan fingerprint density at radius 3 is 2.65 bits per heavy atom. The molecular formula is C16H12Br2N2. The lowest BCUT2D eigenvalue weighted by atomic mass is 10.00. The van der Waals surface area contributed by atoms with Crippen molar-refractivity contribution in [1.29, 1.82) is 0 Å². The molecule has 0 fully saturated rings. The highest BCUT2D eigenvalue weighted by Crippen LogP contribution is 2.30. The number of pyridine rings is 1. The number of hydrogen-bond acceptors (Lipinski definition) is 2. The molecule has 100 valence electrons. The zero-order valence-corrected chi connectivity index (χ0v) is 13.7. The molecule has 1 heterocycles. The summed E-state index contributed by atoms with van der Waals surface area (Å²) >= 11 is 7.04. The average molecular weight is 392 g/mol. The van der Waals surface area contributed by atoms with Gasteiger partial charge in [-0.15, -0.1) is 0 Å². The summed E-state index contributed by atoms with van der Waals surface area (Å²) < 4.78 is 2.02. The number of nitrogens with two attached hydrogens (primary N) is 1. The molecule has 1 unspecified atom stereocenters. The fraction of sp³-hybridized carbons (Fsp3) is 0.0625. The normalized spacial score (nSPS) is 12.6. The maximum absolute atomic E-state index is 6.39. The third-order valence-electron chi connectivity index (χ3n) is 3.26. The molecule has 0 aliphatic carbocycles. The SMILES string of the molecule is NC(c1cnc2ccccc2c1)c1cc(Br)ccc1Br. The monoisotopic (exact) mass is 390 g/mol. The highest BCUT2D eigenvalue weighted by Gasteiger charge is 2.13. The molecule has 0 amide bonds. The van der Waals surface area contributed by atoms with Crippen molar-refractivity contribution in [3.8, 4) is 0 Å². The molecule has 2 N–H and O–H groups in total. The van der Waals surface area contributed by atoms with Gasteiger partial charge in [-0.1, -0.05) is 50.1 Å². The molecule has 1 aromatic heterocycles. The van der Waals surface area contributed by atoms with Gasteiger partial charge >= 0.3 is 0 Å². The molecule has 0 bridgehead atoms. The average Bonchev–Trinajstić information content (AvgIpc) is 2.48. The summed E-state index contributed by atoms with van der Waals surface area (Å²) in [6.07, 6.45) is 1.85. The molecule has 1 atom stereocenters. The van der Waals surface area contributed by atoms with Gasteiger partial charge in [0.05, 0.1) is 11.6 Å². The number of para-hydroxylation sites is 1. The molecule has 0 spiro atoms. The standard InChI is InChI=1S/C16H12Br2N2/c17-12-5-6-14(18)13(8-12)16(19)11-7-10-3-1-2-4-15(10)20-9-11/h1-9,16H,19H2. The zero-order chi connectivity index (χ0) is 14.1. The lowest BCUT2D eigenvalue weighted by Crippen LogP contribution is -2.12. The molecule has 0 aliphatic heterocycles. The Hall–Kier alpha value is -1.23. The second-order valence-electron chi connectivity index (χ2n) is 4.60. The first-order valence-electron chi connectivity index (χ1n) is 6.20. The Morgan fingerprint density at radius 1 is 1.00 bits per heavy atom. The van der Waals surface area contributed by atoms with Crippen LogP contribution in [0.3, 0.4) is 0 Å². The Kier molecular flexibility index (Phi) is 3.87. The van der Waals surface area contributed by atoms with Gasteiger partial charge in [-0.2, -0.15) is 0 Å². The van der Waals surface area contributed by atoms with Crippen LogP contribution in [0.2, 0.25) is 0 Å². The van der Waals surface area contributed by atoms with Crippen molar-refractivity contribution in [1.82, 2.24) is 4.98 Å². The van der Waals surface area contributed by atoms with Crippen LogP contribution in [0, 0.1) is 0 Å². The van der Waals surface area contributed by atoms with Gasteiger partial charge in [-0.25, -0.2) is 0 Å². The molecule has 0 saturated heterocycles. The number of nitrogens with zero attached hydrogens (tertiary/aromatic N) is 1. The van der Waals surface area contributed by atoms with Crippen LogP contribution in [0.1, 0.15) is 17.2 Å². The van der Waals surface area contributed by atoms with Gasteiger partial charge in [0, 0.05) is 20.5 Å². The maximum Gasteiger partial charge on any atom is 0.0702 e. The van der Waals surface area contributed by atoms with Crippen molar-refractivity contribution in [3.05, 3.63) is 74.8 Å². The molecule has 3 rings (SSSR count). The molecule has 3 aromatic rings. The minimum absolute atomic E-state index is 0.209. The predicted molar refractivity (Wildman–Crippen MR) is 89.6 cm³/mol. The molecule has 0 radical (unpaired) electrons. The van der Waals surface area contributed by atoms with Gasteiger partial charge < -0.3 is 5.73 Å². The van der Waals surface area contributed by atoms with Gasteiger partial charge in [0.15, 0.2) is 0 Å². The summed E-state index contributed by atoms with van der Waals surface area (Å²) in [6.45, 7) is 0. The van der Waals surface area contributed by atoms with Crippen LogP contribution in [-0.4, -0.2) is 4.98 Å². The Morgan fingerprint density at radius 2 is 1.80 bits per heavy atom. The van der Waals surface area contributed by atoms with Gasteiger partial charge in [-0.3, -0.25) is 4.98 Å². The van der Waals surface area contributed by atoms with Crippen LogP contribution in [0.15, 0.2) is 63.7 Å². The van der Waals surface area contributed by atoms with E-state index in [1.807, 2.05) is 42.6 Å². The minimum Gasteiger partial charge on any atom is -0.320 e. The fourth-order valence-electron chi connectivity index (χ4n) is 2.19. The summed E-state index contributed by atoms with van der Waals surface area (Å²) in [6, 6.07) is 15.9. The van der Waals surface area contributed by atoms with E-state index < -0.39 is 0 Å². The number of aromatic nitrogens is 1. The van der Waals surface area contributed by atoms with Gasteiger partial charge in [0.1, 0.15) is 0 Å². The second kappa shape index (κ2) is 5.64. The minimum atomic E-state index is -0.209. The predicted octanol–water partition coefficient (Wildman–Crippen LogP) is 4.81. The van der Waals surface area contributed by atoms with E-state index in [2.05, 4.69) is 49.0 Å². The summed E-state index contributed by atoms with van der Waals surface area (Å²) in [4.78, 5) is 4.47. The van der Waals surface area contributed by atoms with Crippen LogP contribution in [0.4, 0.5) is 0 Å². The maximum atomic E-state index is 6.39. The smallest absolute Gasteiger partial charge is 0.0702 e. The first-order valence-corrected chi connectivity index (χ1v) is 7.79. The van der Waals surface area contributed by atoms with E-state index in [-0.39, 0.29) is 6.04 Å². The molecular weight excluding hydrogens is 380 g/mol. The topological polar surface area (TPSA) is 38.9 Å². The van der Waals surface area contributed by atoms with Gasteiger partial charge in [0.2, 0.25) is 0 Å². The zero-order valence-electron chi connectivity index (χ0n) is 10.6. The number of benzene rings is 2. The number of hydrogen-bond donors (Lipinski definition) is 1. The summed E-state index contributed by atoms with van der Waals surface area (Å²) in [5, 5.41) is 1.10. The van der Waals surface area contributed by atoms with Crippen LogP contribution < -0.4 is 5.73 Å². The van der Waals surface area contributed by atoms with E-state index in [0.717, 1.165) is 31.0 Å². The third kappa shape index (κ3) is 2.64. The van der Waals surface area contributed by atoms with Crippen LogP contribution >= 0.6 is 31.9 Å². The highest BCUT2D eigenvalue weighted by atomic mass is 79.9. The Bertz CT molecular complexity index is 771. The van der Waals surface area contributed by atoms with Crippen LogP contribution in [0.5, 0.6) is 0 Å². The van der Waals surface area contributed by atoms with Crippen LogP contribution in [-0.2, 0) is 0 Å². The Balaban J connectivity index is 2.07. The summed E-state index contributed by atoms with van der Waals surface area (Å²) in [7, 11) is 0. The van der Waals surface area contributed by atoms with Crippen molar-refractivity contribution >= 4 is 42.8 Å². The first-order chi connectivity index (χ1) is 9.65. The van der Waals surface area contributed by atoms with E-state index in [9.17, 15) is 0 Å². The fourth-order valence-corrected chi connectivity index (χ4v) is 3.06. The van der Waals surface area contributed by atoms with Crippen molar-refractivity contribution in [3.63, 3.8) is 0 Å². The van der Waals surface area contributed by atoms with Gasteiger partial charge in [0.25, 0.3) is 0 Å². The van der Waals surface area contributed by atoms with Crippen molar-refractivity contribution in [2.24, 2.45) is 5.73 Å². The lowest BCUT2D eigenvalue weighted by molar-refractivity contribution is 0.860. The van der Waals surface area contributed by atoms with E-state index in [0.29, 0.717) is 0 Å². The van der Waals surface area contributed by atoms with E-state index in [1.54, 1.807) is 0 Å². The molecule has 4 heteroatoms. The molecule has 20 heavy (non-hydrogen) atoms. The number of fused-ring (bicyclic) bond motifs is 1. The van der Waals surface area contributed by atoms with E-state index in [4.69, 9.17) is 5.73 Å². The number of halogens is 2. The summed E-state index contributed by atoms with van der Waals surface area (Å²) in [5.74, 6) is 0. The van der Waals surface area contributed by atoms with Crippen LogP contribution in [0.25, 0.3) is 10.9 Å². The molecule has 2 aromatic carbocycles. The molecule has 0 saturated carbocycles. The first kappa shape index (κ1) is 13.7. The lowest BCUT2D eigenvalue weighted by Gasteiger charge is -2.15. The van der Waals surface area contributed by atoms with Crippen molar-refractivity contribution in [2.45, 2.75) is 6.04 Å². The molecule has 2 nitrogen and oxygen atoms in total. The summed E-state index contributed by atoms with van der Waals surface area (Å²) in [5.41, 5.74) is 9.41. The van der Waals surface area contributed by atoms with Crippen molar-refractivity contribution in [2.75, 3.05) is 0 Å².